The number of hydrogen-bond acceptors (Lipinski definition) is 8. The zero-order valence-corrected chi connectivity index (χ0v) is 22.3. The Kier molecular flexibility index (Phi) is 7.76. The Morgan fingerprint density at radius 1 is 1.03 bits per heavy atom. The molecule has 0 atom stereocenters. The van der Waals surface area contributed by atoms with Crippen LogP contribution in [-0.4, -0.2) is 55.7 Å². The molecule has 1 saturated heterocycles. The number of para-hydroxylation sites is 2. The number of nitrogens with one attached hydrogen (secondary N) is 1. The highest BCUT2D eigenvalue weighted by molar-refractivity contribution is 7.89. The number of nitrogens with zero attached hydrogens (tertiary/aromatic N) is 2. The van der Waals surface area contributed by atoms with Gasteiger partial charge in [-0.05, 0) is 68.3 Å². The lowest BCUT2D eigenvalue weighted by Crippen LogP contribution is -2.40. The molecule has 5 rings (SSSR count). The van der Waals surface area contributed by atoms with Gasteiger partial charge >= 0.3 is 5.97 Å². The summed E-state index contributed by atoms with van der Waals surface area (Å²) < 4.78 is 38.7. The fourth-order valence-corrected chi connectivity index (χ4v) is 6.10. The molecule has 2 heterocycles. The Balaban J connectivity index is 1.20. The third-order valence-corrected chi connectivity index (χ3v) is 8.64. The quantitative estimate of drug-likeness (QED) is 0.236. The molecule has 0 radical (unpaired) electrons. The van der Waals surface area contributed by atoms with Gasteiger partial charge in [0.15, 0.2) is 11.4 Å². The molecule has 4 aromatic rings. The van der Waals surface area contributed by atoms with Crippen LogP contribution in [0.4, 0.5) is 5.69 Å². The van der Waals surface area contributed by atoms with Gasteiger partial charge in [0.05, 0.1) is 24.0 Å². The number of carbonyl (C=O) groups is 2. The van der Waals surface area contributed by atoms with E-state index in [1.54, 1.807) is 19.1 Å². The summed E-state index contributed by atoms with van der Waals surface area (Å²) >= 11 is 0. The predicted molar refractivity (Wildman–Crippen MR) is 147 cm³/mol. The van der Waals surface area contributed by atoms with Crippen molar-refractivity contribution in [1.29, 1.82) is 0 Å². The minimum atomic E-state index is -3.79. The smallest absolute Gasteiger partial charge is 0.309 e. The molecule has 0 aliphatic carbocycles. The first-order valence-corrected chi connectivity index (χ1v) is 14.3. The zero-order valence-electron chi connectivity index (χ0n) is 21.5. The van der Waals surface area contributed by atoms with E-state index in [-0.39, 0.29) is 42.2 Å². The van der Waals surface area contributed by atoms with Crippen LogP contribution < -0.4 is 5.32 Å². The number of esters is 1. The van der Waals surface area contributed by atoms with E-state index in [0.717, 1.165) is 16.8 Å². The van der Waals surface area contributed by atoms with Gasteiger partial charge in [0.1, 0.15) is 5.52 Å². The molecule has 0 unspecified atom stereocenters. The van der Waals surface area contributed by atoms with Crippen molar-refractivity contribution < 1.29 is 27.2 Å². The number of aromatic nitrogens is 1. The van der Waals surface area contributed by atoms with Crippen molar-refractivity contribution >= 4 is 38.6 Å². The van der Waals surface area contributed by atoms with Crippen LogP contribution in [0, 0.1) is 5.92 Å². The normalized spacial score (nSPS) is 14.8. The van der Waals surface area contributed by atoms with Crippen LogP contribution in [0.5, 0.6) is 0 Å². The molecule has 1 aliphatic rings. The van der Waals surface area contributed by atoms with Crippen LogP contribution in [0.25, 0.3) is 22.6 Å². The van der Waals surface area contributed by atoms with Crippen molar-refractivity contribution in [2.24, 2.45) is 5.92 Å². The van der Waals surface area contributed by atoms with Gasteiger partial charge < -0.3 is 14.5 Å². The molecule has 3 aromatic carbocycles. The van der Waals surface area contributed by atoms with E-state index >= 15 is 0 Å². The van der Waals surface area contributed by atoms with Gasteiger partial charge in [-0.2, -0.15) is 4.31 Å². The second kappa shape index (κ2) is 11.4. The van der Waals surface area contributed by atoms with Gasteiger partial charge in [-0.25, -0.2) is 13.4 Å². The highest BCUT2D eigenvalue weighted by Gasteiger charge is 2.33. The van der Waals surface area contributed by atoms with Crippen molar-refractivity contribution in [2.45, 2.75) is 24.7 Å². The number of ketones is 1. The van der Waals surface area contributed by atoms with E-state index in [4.69, 9.17) is 9.15 Å². The van der Waals surface area contributed by atoms with Gasteiger partial charge in [0, 0.05) is 29.9 Å². The van der Waals surface area contributed by atoms with Crippen molar-refractivity contribution in [3.05, 3.63) is 78.4 Å². The van der Waals surface area contributed by atoms with Crippen LogP contribution in [0.2, 0.25) is 0 Å². The highest BCUT2D eigenvalue weighted by atomic mass is 32.2. The maximum absolute atomic E-state index is 13.2. The lowest BCUT2D eigenvalue weighted by Gasteiger charge is -2.30. The van der Waals surface area contributed by atoms with E-state index in [9.17, 15) is 18.0 Å². The van der Waals surface area contributed by atoms with Gasteiger partial charge in [0.25, 0.3) is 0 Å². The lowest BCUT2D eigenvalue weighted by molar-refractivity contribution is -0.149. The van der Waals surface area contributed by atoms with E-state index in [0.29, 0.717) is 36.5 Å². The van der Waals surface area contributed by atoms with Crippen molar-refractivity contribution in [3.8, 4) is 11.5 Å². The second-order valence-electron chi connectivity index (χ2n) is 9.30. The maximum Gasteiger partial charge on any atom is 0.309 e. The number of anilines is 1. The van der Waals surface area contributed by atoms with Crippen molar-refractivity contribution in [2.75, 3.05) is 31.6 Å². The number of ether oxygens (including phenoxy) is 1. The van der Waals surface area contributed by atoms with Crippen molar-refractivity contribution in [1.82, 2.24) is 9.29 Å². The number of fused-ring (bicyclic) bond motifs is 1. The number of sulfonamides is 1. The third kappa shape index (κ3) is 5.86. The van der Waals surface area contributed by atoms with E-state index in [1.165, 1.54) is 16.4 Å². The van der Waals surface area contributed by atoms with Crippen LogP contribution in [-0.2, 0) is 19.6 Å². The Morgan fingerprint density at radius 3 is 2.49 bits per heavy atom. The summed E-state index contributed by atoms with van der Waals surface area (Å²) in [5, 5.41) is 3.09. The summed E-state index contributed by atoms with van der Waals surface area (Å²) in [6.45, 7) is 2.50. The Hall–Kier alpha value is -4.02. The number of piperidine rings is 1. The molecule has 202 valence electrons. The summed E-state index contributed by atoms with van der Waals surface area (Å²) in [5.74, 6) is -0.298. The fraction of sp³-hybridized carbons (Fsp3) is 0.276. The number of rotatable bonds is 9. The first kappa shape index (κ1) is 26.6. The molecule has 0 saturated carbocycles. The highest BCUT2D eigenvalue weighted by Crippen LogP contribution is 2.27. The molecule has 1 fully saturated rings. The van der Waals surface area contributed by atoms with Crippen LogP contribution in [0.15, 0.2) is 82.1 Å². The van der Waals surface area contributed by atoms with Crippen LogP contribution in [0.1, 0.15) is 30.1 Å². The minimum Gasteiger partial charge on any atom is -0.466 e. The summed E-state index contributed by atoms with van der Waals surface area (Å²) in [7, 11) is -3.79. The molecule has 0 bridgehead atoms. The molecule has 9 nitrogen and oxygen atoms in total. The first-order chi connectivity index (χ1) is 18.8. The molecule has 1 aromatic heterocycles. The Morgan fingerprint density at radius 2 is 1.77 bits per heavy atom. The van der Waals surface area contributed by atoms with Gasteiger partial charge in [0.2, 0.25) is 15.9 Å². The molecular formula is C29H29N3O6S. The molecule has 1 aliphatic heterocycles. The average molecular weight is 548 g/mol. The van der Waals surface area contributed by atoms with Gasteiger partial charge in [-0.1, -0.05) is 24.3 Å². The van der Waals surface area contributed by atoms with Gasteiger partial charge in [-0.15, -0.1) is 0 Å². The Labute approximate surface area is 226 Å². The number of oxazole rings is 1. The largest absolute Gasteiger partial charge is 0.466 e. The molecule has 10 heteroatoms. The van der Waals surface area contributed by atoms with E-state index < -0.39 is 10.0 Å². The molecule has 39 heavy (non-hydrogen) atoms. The van der Waals surface area contributed by atoms with Crippen LogP contribution in [0.3, 0.4) is 0 Å². The zero-order chi connectivity index (χ0) is 27.4. The third-order valence-electron chi connectivity index (χ3n) is 6.75. The minimum absolute atomic E-state index is 0.00330. The summed E-state index contributed by atoms with van der Waals surface area (Å²) in [4.78, 5) is 29.4. The second-order valence-corrected chi connectivity index (χ2v) is 11.2. The summed E-state index contributed by atoms with van der Waals surface area (Å²) in [5.41, 5.74) is 3.34. The molecular weight excluding hydrogens is 518 g/mol. The molecule has 1 N–H and O–H groups in total. The first-order valence-electron chi connectivity index (χ1n) is 12.8. The average Bonchev–Trinajstić information content (AvgIpc) is 3.41. The standard InChI is InChI=1S/C29H29N3O6S/c1-2-37-29(34)21-14-16-32(17-15-21)39(35,36)24-7-5-6-22(18-24)26(33)19-30-23-12-10-20(11-13-23)28-31-25-8-3-4-9-27(25)38-28/h3-13,18,21,30H,2,14-17,19H2,1H3. The summed E-state index contributed by atoms with van der Waals surface area (Å²) in [6.07, 6.45) is 0.817. The SMILES string of the molecule is CCOC(=O)C1CCN(S(=O)(=O)c2cccc(C(=O)CNc3ccc(-c4nc5ccccc5o4)cc3)c2)CC1. The topological polar surface area (TPSA) is 119 Å². The lowest BCUT2D eigenvalue weighted by atomic mass is 9.98. The Bertz CT molecular complexity index is 1560. The number of carbonyl (C=O) groups excluding carboxylic acids is 2. The maximum atomic E-state index is 13.2. The number of Topliss-reactive ketones (excluding diaryl/α,β-unsaturated/α-hetero) is 1. The fourth-order valence-electron chi connectivity index (χ4n) is 4.58. The van der Waals surface area contributed by atoms with E-state index in [2.05, 4.69) is 10.3 Å². The summed E-state index contributed by atoms with van der Waals surface area (Å²) in [6, 6.07) is 21.0. The predicted octanol–water partition coefficient (Wildman–Crippen LogP) is 4.75. The van der Waals surface area contributed by atoms with Crippen LogP contribution >= 0.6 is 0 Å². The number of hydrogen-bond donors (Lipinski definition) is 1. The molecule has 0 spiro atoms. The van der Waals surface area contributed by atoms with Crippen molar-refractivity contribution in [3.63, 3.8) is 0 Å². The molecule has 0 amide bonds. The number of benzene rings is 3. The van der Waals surface area contributed by atoms with Gasteiger partial charge in [-0.3, -0.25) is 9.59 Å². The monoisotopic (exact) mass is 547 g/mol. The van der Waals surface area contributed by atoms with E-state index in [1.807, 2.05) is 48.5 Å².